The molecule has 16 heavy (non-hydrogen) atoms. The fraction of sp³-hybridized carbons (Fsp3) is 0.500. The Morgan fingerprint density at radius 1 is 1.38 bits per heavy atom. The summed E-state index contributed by atoms with van der Waals surface area (Å²) in [6, 6.07) is 4.25. The summed E-state index contributed by atoms with van der Waals surface area (Å²) in [6.45, 7) is 5.59. The van der Waals surface area contributed by atoms with Crippen molar-refractivity contribution in [2.24, 2.45) is 5.73 Å². The summed E-state index contributed by atoms with van der Waals surface area (Å²) in [5.74, 6) is 0.701. The minimum Gasteiger partial charge on any atom is -0.508 e. The molecule has 0 aliphatic rings. The van der Waals surface area contributed by atoms with Crippen LogP contribution in [0.5, 0.6) is 11.5 Å². The third-order valence-electron chi connectivity index (χ3n) is 2.02. The van der Waals surface area contributed by atoms with Gasteiger partial charge in [0.15, 0.2) is 0 Å². The second kappa shape index (κ2) is 4.72. The molecule has 0 aliphatic carbocycles. The smallest absolute Gasteiger partial charge is 0.120 e. The molecule has 0 heterocycles. The number of benzene rings is 1. The van der Waals surface area contributed by atoms with Crippen LogP contribution >= 0.6 is 0 Å². The van der Waals surface area contributed by atoms with E-state index >= 15 is 0 Å². The Morgan fingerprint density at radius 2 is 2.00 bits per heavy atom. The van der Waals surface area contributed by atoms with Crippen LogP contribution in [-0.4, -0.2) is 22.4 Å². The lowest BCUT2D eigenvalue weighted by Gasteiger charge is -2.22. The van der Waals surface area contributed by atoms with Gasteiger partial charge in [0.1, 0.15) is 17.1 Å². The van der Waals surface area contributed by atoms with E-state index < -0.39 is 6.04 Å². The Morgan fingerprint density at radius 3 is 2.50 bits per heavy atom. The predicted molar refractivity (Wildman–Crippen MR) is 62.5 cm³/mol. The van der Waals surface area contributed by atoms with Gasteiger partial charge in [0, 0.05) is 5.56 Å². The minimum atomic E-state index is -0.594. The number of phenolic OH excluding ortho intramolecular Hbond substituents is 1. The first-order chi connectivity index (χ1) is 7.33. The van der Waals surface area contributed by atoms with Crippen LogP contribution in [0.2, 0.25) is 0 Å². The van der Waals surface area contributed by atoms with Crippen LogP contribution in [0.1, 0.15) is 32.4 Å². The maximum Gasteiger partial charge on any atom is 0.120 e. The normalized spacial score (nSPS) is 13.6. The molecule has 0 bridgehead atoms. The molecule has 4 heteroatoms. The Bertz CT molecular complexity index is 358. The zero-order chi connectivity index (χ0) is 12.3. The SMILES string of the molecule is CC(C)(C)Oc1ccc(O)c([C@@H](N)CO)c1. The third kappa shape index (κ3) is 3.40. The lowest BCUT2D eigenvalue weighted by Crippen LogP contribution is -2.23. The highest BCUT2D eigenvalue weighted by Gasteiger charge is 2.15. The van der Waals surface area contributed by atoms with E-state index in [1.807, 2.05) is 20.8 Å². The molecule has 4 nitrogen and oxygen atoms in total. The van der Waals surface area contributed by atoms with Gasteiger partial charge in [0.2, 0.25) is 0 Å². The zero-order valence-corrected chi connectivity index (χ0v) is 9.90. The Hall–Kier alpha value is -1.26. The highest BCUT2D eigenvalue weighted by Crippen LogP contribution is 2.28. The van der Waals surface area contributed by atoms with Crippen molar-refractivity contribution in [2.45, 2.75) is 32.4 Å². The largest absolute Gasteiger partial charge is 0.508 e. The molecule has 0 radical (unpaired) electrons. The number of aromatic hydroxyl groups is 1. The van der Waals surface area contributed by atoms with Crippen molar-refractivity contribution < 1.29 is 14.9 Å². The van der Waals surface area contributed by atoms with Gasteiger partial charge in [0.25, 0.3) is 0 Å². The molecule has 0 saturated heterocycles. The summed E-state index contributed by atoms with van der Waals surface area (Å²) in [7, 11) is 0. The molecule has 0 unspecified atom stereocenters. The van der Waals surface area contributed by atoms with Crippen LogP contribution in [0.4, 0.5) is 0 Å². The van der Waals surface area contributed by atoms with Crippen molar-refractivity contribution in [3.8, 4) is 11.5 Å². The number of hydrogen-bond donors (Lipinski definition) is 3. The van der Waals surface area contributed by atoms with Crippen LogP contribution < -0.4 is 10.5 Å². The van der Waals surface area contributed by atoms with Crippen LogP contribution in [0, 0.1) is 0 Å². The van der Waals surface area contributed by atoms with E-state index in [1.54, 1.807) is 12.1 Å². The summed E-state index contributed by atoms with van der Waals surface area (Å²) in [6.07, 6.45) is 0. The van der Waals surface area contributed by atoms with Crippen molar-refractivity contribution >= 4 is 0 Å². The van der Waals surface area contributed by atoms with Crippen LogP contribution in [-0.2, 0) is 0 Å². The quantitative estimate of drug-likeness (QED) is 0.729. The van der Waals surface area contributed by atoms with Crippen molar-refractivity contribution in [3.05, 3.63) is 23.8 Å². The lowest BCUT2D eigenvalue weighted by atomic mass is 10.1. The molecule has 90 valence electrons. The zero-order valence-electron chi connectivity index (χ0n) is 9.90. The summed E-state index contributed by atoms with van der Waals surface area (Å²) in [4.78, 5) is 0. The number of phenols is 1. The topological polar surface area (TPSA) is 75.7 Å². The van der Waals surface area contributed by atoms with Gasteiger partial charge >= 0.3 is 0 Å². The van der Waals surface area contributed by atoms with Crippen molar-refractivity contribution in [1.82, 2.24) is 0 Å². The van der Waals surface area contributed by atoms with Crippen molar-refractivity contribution in [2.75, 3.05) is 6.61 Å². The lowest BCUT2D eigenvalue weighted by molar-refractivity contribution is 0.130. The van der Waals surface area contributed by atoms with E-state index in [0.717, 1.165) is 0 Å². The average molecular weight is 225 g/mol. The first-order valence-corrected chi connectivity index (χ1v) is 5.22. The molecule has 1 aromatic rings. The van der Waals surface area contributed by atoms with Gasteiger partial charge in [-0.05, 0) is 39.0 Å². The van der Waals surface area contributed by atoms with Gasteiger partial charge in [0.05, 0.1) is 12.6 Å². The minimum absolute atomic E-state index is 0.0720. The summed E-state index contributed by atoms with van der Waals surface area (Å²) in [5.41, 5.74) is 5.84. The predicted octanol–water partition coefficient (Wildman–Crippen LogP) is 1.56. The molecule has 1 rings (SSSR count). The fourth-order valence-electron chi connectivity index (χ4n) is 1.34. The molecule has 0 aliphatic heterocycles. The van der Waals surface area contributed by atoms with Gasteiger partial charge in [-0.25, -0.2) is 0 Å². The first-order valence-electron chi connectivity index (χ1n) is 5.22. The second-order valence-corrected chi connectivity index (χ2v) is 4.72. The summed E-state index contributed by atoms with van der Waals surface area (Å²) in [5, 5.41) is 18.5. The van der Waals surface area contributed by atoms with Gasteiger partial charge in [-0.15, -0.1) is 0 Å². The first kappa shape index (κ1) is 12.8. The third-order valence-corrected chi connectivity index (χ3v) is 2.02. The fourth-order valence-corrected chi connectivity index (χ4v) is 1.34. The van der Waals surface area contributed by atoms with E-state index in [9.17, 15) is 5.11 Å². The van der Waals surface area contributed by atoms with Gasteiger partial charge in [-0.1, -0.05) is 0 Å². The maximum absolute atomic E-state index is 9.59. The summed E-state index contributed by atoms with van der Waals surface area (Å²) >= 11 is 0. The molecule has 0 fully saturated rings. The number of nitrogens with two attached hydrogens (primary N) is 1. The van der Waals surface area contributed by atoms with E-state index in [1.165, 1.54) is 6.07 Å². The van der Waals surface area contributed by atoms with Crippen molar-refractivity contribution in [1.29, 1.82) is 0 Å². The molecular formula is C12H19NO3. The number of aliphatic hydroxyl groups excluding tert-OH is 1. The molecule has 0 amide bonds. The molecular weight excluding hydrogens is 206 g/mol. The number of rotatable bonds is 3. The standard InChI is InChI=1S/C12H19NO3/c1-12(2,3)16-8-4-5-11(15)9(6-8)10(13)7-14/h4-6,10,14-15H,7,13H2,1-3H3/t10-/m0/s1. The molecule has 0 aromatic heterocycles. The molecule has 1 atom stereocenters. The van der Waals surface area contributed by atoms with Gasteiger partial charge in [-0.3, -0.25) is 0 Å². The monoisotopic (exact) mass is 225 g/mol. The number of ether oxygens (including phenoxy) is 1. The van der Waals surface area contributed by atoms with Crippen molar-refractivity contribution in [3.63, 3.8) is 0 Å². The van der Waals surface area contributed by atoms with Crippen LogP contribution in [0.15, 0.2) is 18.2 Å². The molecule has 1 aromatic carbocycles. The molecule has 0 spiro atoms. The average Bonchev–Trinajstić information content (AvgIpc) is 2.18. The van der Waals surface area contributed by atoms with E-state index in [2.05, 4.69) is 0 Å². The highest BCUT2D eigenvalue weighted by molar-refractivity contribution is 5.41. The Kier molecular flexibility index (Phi) is 3.78. The van der Waals surface area contributed by atoms with Gasteiger partial charge in [-0.2, -0.15) is 0 Å². The van der Waals surface area contributed by atoms with E-state index in [0.29, 0.717) is 11.3 Å². The summed E-state index contributed by atoms with van der Waals surface area (Å²) < 4.78 is 5.64. The molecule has 4 N–H and O–H groups in total. The highest BCUT2D eigenvalue weighted by atomic mass is 16.5. The van der Waals surface area contributed by atoms with Gasteiger partial charge < -0.3 is 20.7 Å². The maximum atomic E-state index is 9.59. The Balaban J connectivity index is 2.98. The second-order valence-electron chi connectivity index (χ2n) is 4.72. The molecule has 0 saturated carbocycles. The van der Waals surface area contributed by atoms with E-state index in [-0.39, 0.29) is 18.0 Å². The Labute approximate surface area is 95.7 Å². The van der Waals surface area contributed by atoms with Crippen LogP contribution in [0.25, 0.3) is 0 Å². The van der Waals surface area contributed by atoms with Crippen LogP contribution in [0.3, 0.4) is 0 Å². The number of aliphatic hydroxyl groups is 1. The van der Waals surface area contributed by atoms with E-state index in [4.69, 9.17) is 15.6 Å². The number of hydrogen-bond acceptors (Lipinski definition) is 4.